The molecule has 5 rings (SSSR count). The summed E-state index contributed by atoms with van der Waals surface area (Å²) >= 11 is 0. The van der Waals surface area contributed by atoms with Gasteiger partial charge in [0, 0.05) is 29.9 Å². The van der Waals surface area contributed by atoms with Gasteiger partial charge in [-0.25, -0.2) is 19.0 Å². The van der Waals surface area contributed by atoms with Gasteiger partial charge in [0.05, 0.1) is 34.9 Å². The monoisotopic (exact) mass is 462 g/mol. The second kappa shape index (κ2) is 9.09. The second-order valence-electron chi connectivity index (χ2n) is 8.83. The topological polar surface area (TPSA) is 108 Å². The van der Waals surface area contributed by atoms with Crippen LogP contribution in [0.25, 0.3) is 16.6 Å². The van der Waals surface area contributed by atoms with Gasteiger partial charge in [0.25, 0.3) is 0 Å². The average Bonchev–Trinajstić information content (AvgIpc) is 3.35. The minimum Gasteiger partial charge on any atom is -0.390 e. The lowest BCUT2D eigenvalue weighted by Gasteiger charge is -2.35. The largest absolute Gasteiger partial charge is 0.390 e. The molecule has 8 nitrogen and oxygen atoms in total. The van der Waals surface area contributed by atoms with Crippen LogP contribution in [-0.4, -0.2) is 43.1 Å². The van der Waals surface area contributed by atoms with E-state index in [1.165, 1.54) is 10.7 Å². The van der Waals surface area contributed by atoms with Crippen molar-refractivity contribution in [3.63, 3.8) is 0 Å². The van der Waals surface area contributed by atoms with E-state index in [0.29, 0.717) is 28.4 Å². The Morgan fingerprint density at radius 2 is 2.00 bits per heavy atom. The van der Waals surface area contributed by atoms with Crippen molar-refractivity contribution in [1.29, 1.82) is 0 Å². The zero-order chi connectivity index (χ0) is 23.7. The number of anilines is 2. The molecule has 1 aromatic carbocycles. The molecule has 9 heteroatoms. The predicted molar refractivity (Wildman–Crippen MR) is 127 cm³/mol. The fourth-order valence-corrected chi connectivity index (χ4v) is 4.44. The van der Waals surface area contributed by atoms with Gasteiger partial charge >= 0.3 is 0 Å². The van der Waals surface area contributed by atoms with E-state index in [2.05, 4.69) is 20.7 Å². The average molecular weight is 463 g/mol. The number of aromatic nitrogens is 4. The van der Waals surface area contributed by atoms with Gasteiger partial charge in [0.2, 0.25) is 0 Å². The molecule has 34 heavy (non-hydrogen) atoms. The summed E-state index contributed by atoms with van der Waals surface area (Å²) in [7, 11) is 0. The number of benzene rings is 1. The molecule has 0 unspecified atom stereocenters. The van der Waals surface area contributed by atoms with Crippen molar-refractivity contribution in [2.24, 2.45) is 5.92 Å². The Morgan fingerprint density at radius 3 is 2.74 bits per heavy atom. The molecule has 0 spiro atoms. The van der Waals surface area contributed by atoms with Gasteiger partial charge in [0.1, 0.15) is 17.2 Å². The maximum atomic E-state index is 14.8. The number of pyridine rings is 2. The first-order valence-corrected chi connectivity index (χ1v) is 11.4. The minimum atomic E-state index is -1.03. The molecule has 1 saturated heterocycles. The molecule has 1 fully saturated rings. The second-order valence-corrected chi connectivity index (χ2v) is 8.83. The molecule has 4 aromatic rings. The molecule has 1 aliphatic rings. The zero-order valence-electron chi connectivity index (χ0n) is 18.9. The fourth-order valence-electron chi connectivity index (χ4n) is 4.44. The van der Waals surface area contributed by atoms with Gasteiger partial charge in [-0.15, -0.1) is 0 Å². The van der Waals surface area contributed by atoms with Crippen LogP contribution in [-0.2, 0) is 12.2 Å². The van der Waals surface area contributed by atoms with Crippen molar-refractivity contribution in [3.05, 3.63) is 72.1 Å². The molecule has 0 bridgehead atoms. The third-order valence-electron chi connectivity index (χ3n) is 6.51. The van der Waals surface area contributed by atoms with E-state index in [9.17, 15) is 14.6 Å². The number of hydrogen-bond acceptors (Lipinski definition) is 7. The Morgan fingerprint density at radius 1 is 1.18 bits per heavy atom. The van der Waals surface area contributed by atoms with Crippen molar-refractivity contribution in [2.45, 2.75) is 32.0 Å². The highest BCUT2D eigenvalue weighted by Gasteiger charge is 2.35. The summed E-state index contributed by atoms with van der Waals surface area (Å²) in [6.45, 7) is 3.43. The first kappa shape index (κ1) is 22.4. The van der Waals surface area contributed by atoms with Crippen molar-refractivity contribution in [3.8, 4) is 5.69 Å². The van der Waals surface area contributed by atoms with Crippen LogP contribution in [0.5, 0.6) is 0 Å². The summed E-state index contributed by atoms with van der Waals surface area (Å²) in [6, 6.07) is 11.9. The minimum absolute atomic E-state index is 0.133. The zero-order valence-corrected chi connectivity index (χ0v) is 18.9. The lowest BCUT2D eigenvalue weighted by atomic mass is 9.80. The number of piperidine rings is 1. The van der Waals surface area contributed by atoms with Crippen LogP contribution in [0.1, 0.15) is 31.2 Å². The van der Waals surface area contributed by atoms with Crippen molar-refractivity contribution in [2.75, 3.05) is 18.4 Å². The molecule has 1 atom stereocenters. The van der Waals surface area contributed by atoms with E-state index < -0.39 is 11.4 Å². The standard InChI is InChI=1S/C25H27FN6O2/c1-25(34,17-6-9-27-10-7-17)23-5-2-16-14-28-24(13-22(16)29-23)30-21-4-3-19(12-20(21)26)32-11-8-18(15-33)31-32/h2-5,8,11-14,17,27,33-34H,6-7,9-10,15H2,1H3,(H,28,30)/t25-/m1/s1. The highest BCUT2D eigenvalue weighted by molar-refractivity contribution is 5.81. The maximum absolute atomic E-state index is 14.8. The van der Waals surface area contributed by atoms with E-state index in [1.807, 2.05) is 19.1 Å². The highest BCUT2D eigenvalue weighted by atomic mass is 19.1. The number of aliphatic hydroxyl groups excluding tert-OH is 1. The summed E-state index contributed by atoms with van der Waals surface area (Å²) in [6.07, 6.45) is 5.14. The molecular weight excluding hydrogens is 435 g/mol. The summed E-state index contributed by atoms with van der Waals surface area (Å²) in [4.78, 5) is 9.12. The quantitative estimate of drug-likeness (QED) is 0.348. The predicted octanol–water partition coefficient (Wildman–Crippen LogP) is 3.40. The van der Waals surface area contributed by atoms with E-state index >= 15 is 0 Å². The van der Waals surface area contributed by atoms with Crippen molar-refractivity contribution >= 4 is 22.4 Å². The van der Waals surface area contributed by atoms with Crippen LogP contribution in [0.2, 0.25) is 0 Å². The number of fused-ring (bicyclic) bond motifs is 1. The molecule has 0 amide bonds. The molecule has 0 radical (unpaired) electrons. The molecule has 3 aromatic heterocycles. The van der Waals surface area contributed by atoms with Crippen LogP contribution in [0, 0.1) is 11.7 Å². The first-order valence-electron chi connectivity index (χ1n) is 11.4. The van der Waals surface area contributed by atoms with Gasteiger partial charge in [0.15, 0.2) is 0 Å². The van der Waals surface area contributed by atoms with E-state index in [4.69, 9.17) is 4.98 Å². The van der Waals surface area contributed by atoms with E-state index in [0.717, 1.165) is 31.3 Å². The first-order chi connectivity index (χ1) is 16.4. The van der Waals surface area contributed by atoms with Crippen LogP contribution in [0.4, 0.5) is 15.9 Å². The Hall–Kier alpha value is -3.40. The van der Waals surface area contributed by atoms with Gasteiger partial charge < -0.3 is 20.8 Å². The number of hydrogen-bond donors (Lipinski definition) is 4. The molecule has 4 heterocycles. The molecule has 1 aliphatic heterocycles. The Labute approximate surface area is 196 Å². The van der Waals surface area contributed by atoms with Crippen LogP contribution < -0.4 is 10.6 Å². The smallest absolute Gasteiger partial charge is 0.148 e. The Bertz CT molecular complexity index is 1320. The third kappa shape index (κ3) is 4.37. The van der Waals surface area contributed by atoms with Gasteiger partial charge in [-0.05, 0) is 69.1 Å². The molecule has 0 aliphatic carbocycles. The summed E-state index contributed by atoms with van der Waals surface area (Å²) in [5, 5.41) is 31.8. The molecule has 0 saturated carbocycles. The van der Waals surface area contributed by atoms with Gasteiger partial charge in [-0.2, -0.15) is 5.10 Å². The van der Waals surface area contributed by atoms with Crippen LogP contribution >= 0.6 is 0 Å². The summed E-state index contributed by atoms with van der Waals surface area (Å²) in [5.41, 5.74) is 1.59. The lowest BCUT2D eigenvalue weighted by molar-refractivity contribution is -0.0221. The third-order valence-corrected chi connectivity index (χ3v) is 6.51. The Kier molecular flexibility index (Phi) is 5.99. The fraction of sp³-hybridized carbons (Fsp3) is 0.320. The highest BCUT2D eigenvalue weighted by Crippen LogP contribution is 2.35. The summed E-state index contributed by atoms with van der Waals surface area (Å²) < 4.78 is 16.3. The normalized spacial score (nSPS) is 16.5. The van der Waals surface area contributed by atoms with Crippen LogP contribution in [0.3, 0.4) is 0 Å². The molecule has 176 valence electrons. The number of nitrogens with zero attached hydrogens (tertiary/aromatic N) is 4. The SMILES string of the molecule is C[C@](O)(c1ccc2cnc(Nc3ccc(-n4ccc(CO)n4)cc3F)cc2n1)C1CCNCC1. The van der Waals surface area contributed by atoms with Gasteiger partial charge in [-0.3, -0.25) is 0 Å². The van der Waals surface area contributed by atoms with Gasteiger partial charge in [-0.1, -0.05) is 0 Å². The van der Waals surface area contributed by atoms with E-state index in [-0.39, 0.29) is 18.2 Å². The number of halogens is 1. The number of nitrogens with one attached hydrogen (secondary N) is 2. The molecular formula is C25H27FN6O2. The van der Waals surface area contributed by atoms with Crippen molar-refractivity contribution < 1.29 is 14.6 Å². The number of rotatable bonds is 6. The number of aliphatic hydroxyl groups is 2. The van der Waals surface area contributed by atoms with Crippen LogP contribution in [0.15, 0.2) is 54.9 Å². The summed E-state index contributed by atoms with van der Waals surface area (Å²) in [5.74, 6) is 0.122. The lowest BCUT2D eigenvalue weighted by Crippen LogP contribution is -2.40. The molecule has 4 N–H and O–H groups in total. The van der Waals surface area contributed by atoms with E-state index in [1.54, 1.807) is 36.7 Å². The van der Waals surface area contributed by atoms with Crippen molar-refractivity contribution in [1.82, 2.24) is 25.1 Å². The Balaban J connectivity index is 1.39. The maximum Gasteiger partial charge on any atom is 0.148 e.